The van der Waals surface area contributed by atoms with Gasteiger partial charge in [-0.05, 0) is 62.3 Å². The van der Waals surface area contributed by atoms with Gasteiger partial charge in [0.1, 0.15) is 6.10 Å². The number of hydrogen-bond donors (Lipinski definition) is 3. The second-order valence-corrected chi connectivity index (χ2v) is 16.9. The first-order chi connectivity index (χ1) is 23.0. The highest BCUT2D eigenvalue weighted by atomic mass is 32.2. The Morgan fingerprint density at radius 1 is 1.08 bits per heavy atom. The van der Waals surface area contributed by atoms with Crippen LogP contribution in [0.2, 0.25) is 0 Å². The van der Waals surface area contributed by atoms with Crippen LogP contribution in [-0.4, -0.2) is 85.8 Å². The number of fused-ring (bicyclic) bond motifs is 3. The second kappa shape index (κ2) is 15.0. The van der Waals surface area contributed by atoms with Crippen molar-refractivity contribution in [2.24, 2.45) is 23.7 Å². The quantitative estimate of drug-likeness (QED) is 0.206. The van der Waals surface area contributed by atoms with E-state index in [2.05, 4.69) is 29.5 Å². The zero-order chi connectivity index (χ0) is 34.0. The van der Waals surface area contributed by atoms with Crippen molar-refractivity contribution in [3.63, 3.8) is 0 Å². The normalized spacial score (nSPS) is 25.6. The molecule has 0 spiro atoms. The smallest absolute Gasteiger partial charge is 0.407 e. The molecule has 1 aliphatic carbocycles. The highest BCUT2D eigenvalue weighted by Gasteiger charge is 2.52. The van der Waals surface area contributed by atoms with Gasteiger partial charge in [-0.3, -0.25) is 0 Å². The van der Waals surface area contributed by atoms with E-state index in [1.54, 1.807) is 18.2 Å². The summed E-state index contributed by atoms with van der Waals surface area (Å²) >= 11 is 1.42. The van der Waals surface area contributed by atoms with Gasteiger partial charge in [0.15, 0.2) is 11.4 Å². The number of benzene rings is 2. The van der Waals surface area contributed by atoms with E-state index < -0.39 is 28.3 Å². The molecule has 262 valence electrons. The van der Waals surface area contributed by atoms with Crippen molar-refractivity contribution < 1.29 is 32.5 Å². The van der Waals surface area contributed by atoms with Crippen molar-refractivity contribution >= 4 is 42.8 Å². The number of hydrogen-bond acceptors (Lipinski definition) is 10. The van der Waals surface area contributed by atoms with E-state index in [1.807, 2.05) is 44.2 Å². The van der Waals surface area contributed by atoms with Gasteiger partial charge >= 0.3 is 6.09 Å². The third-order valence-corrected chi connectivity index (χ3v) is 12.6. The molecule has 4 heterocycles. The molecule has 7 rings (SSSR count). The molecule has 1 amide bonds. The van der Waals surface area contributed by atoms with E-state index in [1.165, 1.54) is 15.6 Å². The number of nitrogens with one attached hydrogen (secondary N) is 2. The number of amides is 1. The van der Waals surface area contributed by atoms with Gasteiger partial charge in [0, 0.05) is 36.9 Å². The number of carbonyl (C=O) groups excluding carboxylic acids is 1. The van der Waals surface area contributed by atoms with Crippen molar-refractivity contribution in [3.05, 3.63) is 54.1 Å². The highest BCUT2D eigenvalue weighted by molar-refractivity contribution is 7.89. The highest BCUT2D eigenvalue weighted by Crippen LogP contribution is 2.46. The minimum Gasteiger partial charge on any atom is -0.445 e. The van der Waals surface area contributed by atoms with E-state index in [0.717, 1.165) is 40.2 Å². The van der Waals surface area contributed by atoms with Gasteiger partial charge in [-0.1, -0.05) is 62.4 Å². The minimum atomic E-state index is -4.01. The lowest BCUT2D eigenvalue weighted by Crippen LogP contribution is -2.52. The number of ether oxygens (including phenoxy) is 3. The topological polar surface area (TPSA) is 139 Å². The second-order valence-electron chi connectivity index (χ2n) is 13.9. The van der Waals surface area contributed by atoms with Crippen molar-refractivity contribution in [1.82, 2.24) is 14.6 Å². The molecule has 2 aromatic carbocycles. The summed E-state index contributed by atoms with van der Waals surface area (Å²) in [4.78, 5) is 18.3. The summed E-state index contributed by atoms with van der Waals surface area (Å²) in [6.07, 6.45) is 0.684. The van der Waals surface area contributed by atoms with E-state index >= 15 is 0 Å². The predicted molar refractivity (Wildman–Crippen MR) is 185 cm³/mol. The summed E-state index contributed by atoms with van der Waals surface area (Å²) in [5.41, 5.74) is 1.62. The molecule has 3 aliphatic heterocycles. The van der Waals surface area contributed by atoms with Gasteiger partial charge < -0.3 is 30.0 Å². The number of anilines is 1. The number of thiazole rings is 1. The lowest BCUT2D eigenvalue weighted by atomic mass is 9.74. The summed E-state index contributed by atoms with van der Waals surface area (Å²) in [5.74, 6) is 0.354. The molecule has 4 fully saturated rings. The Kier molecular flexibility index (Phi) is 10.9. The molecule has 8 atom stereocenters. The van der Waals surface area contributed by atoms with Gasteiger partial charge in [-0.2, -0.15) is 4.31 Å². The summed E-state index contributed by atoms with van der Waals surface area (Å²) in [6, 6.07) is 13.9. The van der Waals surface area contributed by atoms with Crippen LogP contribution in [0.4, 0.5) is 9.93 Å². The number of alkyl carbamates (subject to hydrolysis) is 1. The maximum absolute atomic E-state index is 14.2. The fourth-order valence-electron chi connectivity index (χ4n) is 7.08. The van der Waals surface area contributed by atoms with E-state index in [9.17, 15) is 18.3 Å². The molecule has 11 nitrogen and oxygen atoms in total. The number of rotatable bonds is 14. The maximum atomic E-state index is 14.2. The number of carbonyl (C=O) groups is 1. The van der Waals surface area contributed by atoms with Gasteiger partial charge in [0.05, 0.1) is 40.5 Å². The Labute approximate surface area is 287 Å². The van der Waals surface area contributed by atoms with Gasteiger partial charge in [-0.25, -0.2) is 18.2 Å². The van der Waals surface area contributed by atoms with E-state index in [0.29, 0.717) is 19.6 Å². The third-order valence-electron chi connectivity index (χ3n) is 9.83. The Morgan fingerprint density at radius 3 is 2.60 bits per heavy atom. The first-order valence-electron chi connectivity index (χ1n) is 17.1. The molecule has 1 aromatic heterocycles. The molecule has 13 heteroatoms. The Bertz CT molecular complexity index is 1650. The SMILES string of the molecule is CCC(C)Nc1nc2ccc(S(=O)(=O)N(CC(C)C)CC(O)C(Cc3ccccc3)NC(=O)OC3C4CCC5C(OC4)OCC53)cc2s1. The number of nitrogens with zero attached hydrogens (tertiary/aromatic N) is 2. The van der Waals surface area contributed by atoms with Crippen molar-refractivity contribution in [1.29, 1.82) is 0 Å². The summed E-state index contributed by atoms with van der Waals surface area (Å²) in [7, 11) is -4.01. The molecular formula is C35H48N4O7S2. The first kappa shape index (κ1) is 35.0. The minimum absolute atomic E-state index is 0.0127. The van der Waals surface area contributed by atoms with Crippen LogP contribution >= 0.6 is 11.3 Å². The molecule has 3 N–H and O–H groups in total. The fourth-order valence-corrected chi connectivity index (χ4v) is 9.82. The lowest BCUT2D eigenvalue weighted by Gasteiger charge is -2.36. The molecule has 4 bridgehead atoms. The average molecular weight is 701 g/mol. The summed E-state index contributed by atoms with van der Waals surface area (Å²) in [5, 5.41) is 18.8. The maximum Gasteiger partial charge on any atom is 0.407 e. The molecule has 3 aromatic rings. The van der Waals surface area contributed by atoms with Gasteiger partial charge in [0.2, 0.25) is 10.0 Å². The van der Waals surface area contributed by atoms with Crippen LogP contribution in [0.5, 0.6) is 0 Å². The Balaban J connectivity index is 1.21. The van der Waals surface area contributed by atoms with E-state index in [-0.39, 0.29) is 60.1 Å². The van der Waals surface area contributed by atoms with Crippen LogP contribution in [-0.2, 0) is 30.7 Å². The van der Waals surface area contributed by atoms with Crippen molar-refractivity contribution in [2.75, 3.05) is 31.6 Å². The van der Waals surface area contributed by atoms with E-state index in [4.69, 9.17) is 14.2 Å². The average Bonchev–Trinajstić information content (AvgIpc) is 3.56. The molecule has 48 heavy (non-hydrogen) atoms. The van der Waals surface area contributed by atoms with Crippen LogP contribution in [0.25, 0.3) is 10.2 Å². The first-order valence-corrected chi connectivity index (χ1v) is 19.4. The summed E-state index contributed by atoms with van der Waals surface area (Å²) in [6.45, 7) is 9.00. The zero-order valence-electron chi connectivity index (χ0n) is 28.1. The molecule has 8 unspecified atom stereocenters. The van der Waals surface area contributed by atoms with Crippen LogP contribution in [0.1, 0.15) is 52.5 Å². The third kappa shape index (κ3) is 7.81. The molecule has 4 aliphatic rings. The monoisotopic (exact) mass is 700 g/mol. The van der Waals surface area contributed by atoms with Gasteiger partial charge in [-0.15, -0.1) is 0 Å². The van der Waals surface area contributed by atoms with Crippen LogP contribution in [0, 0.1) is 23.7 Å². The molecular weight excluding hydrogens is 653 g/mol. The predicted octanol–water partition coefficient (Wildman–Crippen LogP) is 5.25. The van der Waals surface area contributed by atoms with Crippen LogP contribution in [0.15, 0.2) is 53.4 Å². The summed E-state index contributed by atoms with van der Waals surface area (Å²) < 4.78 is 48.3. The molecule has 1 saturated carbocycles. The zero-order valence-corrected chi connectivity index (χ0v) is 29.7. The number of aliphatic hydroxyl groups excluding tert-OH is 1. The Hall–Kier alpha value is -2.81. The Morgan fingerprint density at radius 2 is 1.85 bits per heavy atom. The standard InChI is InChI=1S/C35H48N4O7S2/c1-5-22(4)36-34-37-28-14-12-25(16-31(28)47-34)48(42,43)39(17-21(2)3)18-30(40)29(15-23-9-7-6-8-10-23)38-35(41)46-32-24-11-13-26-27(32)20-45-33(26)44-19-24/h6-10,12,14,16,21-22,24,26-27,29-30,32-33,40H,5,11,13,15,17-20H2,1-4H3,(H,36,37)(H,38,41). The lowest BCUT2D eigenvalue weighted by molar-refractivity contribution is -0.135. The fraction of sp³-hybridized carbons (Fsp3) is 0.600. The largest absolute Gasteiger partial charge is 0.445 e. The van der Waals surface area contributed by atoms with Crippen LogP contribution < -0.4 is 10.6 Å². The number of sulfonamides is 1. The van der Waals surface area contributed by atoms with Crippen molar-refractivity contribution in [3.8, 4) is 0 Å². The molecule has 3 saturated heterocycles. The number of aliphatic hydroxyl groups is 1. The van der Waals surface area contributed by atoms with Crippen molar-refractivity contribution in [2.45, 2.75) is 88.9 Å². The number of aromatic nitrogens is 1. The van der Waals surface area contributed by atoms with Gasteiger partial charge in [0.25, 0.3) is 0 Å². The molecule has 0 radical (unpaired) electrons. The van der Waals surface area contributed by atoms with Crippen LogP contribution in [0.3, 0.4) is 0 Å².